The Morgan fingerprint density at radius 3 is 3.15 bits per heavy atom. The van der Waals surface area contributed by atoms with E-state index in [1.54, 1.807) is 11.1 Å². The largest absolute Gasteiger partial charge is 0.527 e. The molecule has 2 aliphatic heterocycles. The Hall–Kier alpha value is -0.970. The van der Waals surface area contributed by atoms with E-state index in [2.05, 4.69) is 4.74 Å². The predicted molar refractivity (Wildman–Crippen MR) is 49.0 cm³/mol. The summed E-state index contributed by atoms with van der Waals surface area (Å²) in [5, 5.41) is -0.114. The minimum absolute atomic E-state index is 0.0740. The molecular formula is C8H10NO3S+. The summed E-state index contributed by atoms with van der Waals surface area (Å²) in [6.07, 6.45) is 4.11. The Morgan fingerprint density at radius 1 is 1.77 bits per heavy atom. The Labute approximate surface area is 78.9 Å². The van der Waals surface area contributed by atoms with Gasteiger partial charge in [0, 0.05) is 6.20 Å². The lowest BCUT2D eigenvalue weighted by Crippen LogP contribution is -2.57. The topological polar surface area (TPSA) is 46.6 Å². The highest BCUT2D eigenvalue weighted by Gasteiger charge is 2.53. The minimum Gasteiger partial charge on any atom is -0.429 e. The Morgan fingerprint density at radius 2 is 2.54 bits per heavy atom. The predicted octanol–water partition coefficient (Wildman–Crippen LogP) is 0.457. The number of hydrogen-bond donors (Lipinski definition) is 0. The van der Waals surface area contributed by atoms with Gasteiger partial charge in [0.25, 0.3) is 0 Å². The number of amides is 1. The normalized spacial score (nSPS) is 30.8. The van der Waals surface area contributed by atoms with E-state index in [4.69, 9.17) is 0 Å². The van der Waals surface area contributed by atoms with Crippen LogP contribution in [0.2, 0.25) is 0 Å². The quantitative estimate of drug-likeness (QED) is 0.324. The molecule has 13 heavy (non-hydrogen) atoms. The fourth-order valence-electron chi connectivity index (χ4n) is 1.48. The zero-order valence-electron chi connectivity index (χ0n) is 7.23. The lowest BCUT2D eigenvalue weighted by Gasteiger charge is -2.36. The molecule has 0 N–H and O–H groups in total. The van der Waals surface area contributed by atoms with E-state index >= 15 is 0 Å². The van der Waals surface area contributed by atoms with Crippen molar-refractivity contribution in [2.45, 2.75) is 11.8 Å². The molecule has 4 nitrogen and oxygen atoms in total. The molecule has 0 saturated carbocycles. The molecule has 5 heteroatoms. The van der Waals surface area contributed by atoms with Crippen molar-refractivity contribution >= 4 is 22.1 Å². The molecule has 2 rings (SSSR count). The molecule has 1 unspecified atom stereocenters. The van der Waals surface area contributed by atoms with Gasteiger partial charge in [0.2, 0.25) is 11.3 Å². The van der Waals surface area contributed by atoms with Crippen LogP contribution < -0.4 is 0 Å². The molecule has 2 heterocycles. The van der Waals surface area contributed by atoms with Gasteiger partial charge in [-0.1, -0.05) is 0 Å². The molecule has 1 fully saturated rings. The van der Waals surface area contributed by atoms with Gasteiger partial charge < -0.3 is 4.74 Å². The Bertz CT molecular complexity index is 289. The van der Waals surface area contributed by atoms with Crippen molar-refractivity contribution in [2.75, 3.05) is 12.9 Å². The molecule has 1 amide bonds. The fourth-order valence-corrected chi connectivity index (χ4v) is 3.37. The van der Waals surface area contributed by atoms with Crippen molar-refractivity contribution in [3.8, 4) is 0 Å². The highest BCUT2D eigenvalue weighted by molar-refractivity contribution is 8.11. The number of carbonyl (C=O) groups excluding carboxylic acids is 2. The SMILES string of the molecule is COC(=O)[S+]1CC=CN2C(=O)C[C@H]21. The highest BCUT2D eigenvalue weighted by atomic mass is 32.2. The molecule has 0 aromatic rings. The number of β-lactam (4-membered cyclic amide) rings is 1. The molecule has 1 saturated heterocycles. The maximum Gasteiger partial charge on any atom is 0.527 e. The van der Waals surface area contributed by atoms with E-state index in [0.717, 1.165) is 0 Å². The summed E-state index contributed by atoms with van der Waals surface area (Å²) in [5.41, 5.74) is 0. The molecule has 2 aliphatic rings. The van der Waals surface area contributed by atoms with Crippen LogP contribution in [0, 0.1) is 0 Å². The van der Waals surface area contributed by atoms with Crippen LogP contribution in [0.15, 0.2) is 12.3 Å². The molecule has 0 spiro atoms. The number of fused-ring (bicyclic) bond motifs is 1. The number of carbonyl (C=O) groups is 2. The van der Waals surface area contributed by atoms with Crippen molar-refractivity contribution in [3.05, 3.63) is 12.3 Å². The van der Waals surface area contributed by atoms with Gasteiger partial charge in [-0.25, -0.2) is 0 Å². The third kappa shape index (κ3) is 1.23. The van der Waals surface area contributed by atoms with Crippen LogP contribution in [0.25, 0.3) is 0 Å². The zero-order valence-corrected chi connectivity index (χ0v) is 8.04. The van der Waals surface area contributed by atoms with Crippen molar-refractivity contribution in [3.63, 3.8) is 0 Å². The van der Waals surface area contributed by atoms with E-state index in [-0.39, 0.29) is 16.6 Å². The molecule has 0 aliphatic carbocycles. The average molecular weight is 200 g/mol. The average Bonchev–Trinajstić information content (AvgIpc) is 2.15. The van der Waals surface area contributed by atoms with E-state index < -0.39 is 10.9 Å². The van der Waals surface area contributed by atoms with Crippen LogP contribution in [0.4, 0.5) is 4.79 Å². The summed E-state index contributed by atoms with van der Waals surface area (Å²) in [6.45, 7) is 0. The molecule has 2 atom stereocenters. The standard InChI is InChI=1S/C8H10NO3S/c1-12-8(11)13-4-2-3-9-6(10)5-7(9)13/h2-3,7H,4-5H2,1H3/q+1/t7-,13?/m1/s1. The van der Waals surface area contributed by atoms with E-state index in [1.165, 1.54) is 7.11 Å². The lowest BCUT2D eigenvalue weighted by atomic mass is 10.2. The molecule has 0 aromatic heterocycles. The van der Waals surface area contributed by atoms with Gasteiger partial charge in [0.15, 0.2) is 0 Å². The van der Waals surface area contributed by atoms with Crippen LogP contribution in [0.1, 0.15) is 6.42 Å². The van der Waals surface area contributed by atoms with Gasteiger partial charge >= 0.3 is 5.30 Å². The lowest BCUT2D eigenvalue weighted by molar-refractivity contribution is -0.137. The molecule has 0 bridgehead atoms. The smallest absolute Gasteiger partial charge is 0.429 e. The molecule has 70 valence electrons. The van der Waals surface area contributed by atoms with Gasteiger partial charge in [-0.3, -0.25) is 9.69 Å². The molecule has 0 radical (unpaired) electrons. The Kier molecular flexibility index (Phi) is 2.03. The van der Waals surface area contributed by atoms with E-state index in [9.17, 15) is 9.59 Å². The second-order valence-electron chi connectivity index (χ2n) is 2.89. The van der Waals surface area contributed by atoms with Gasteiger partial charge in [0.1, 0.15) is 16.6 Å². The van der Waals surface area contributed by atoms with Crippen molar-refractivity contribution in [2.24, 2.45) is 0 Å². The highest BCUT2D eigenvalue weighted by Crippen LogP contribution is 2.30. The van der Waals surface area contributed by atoms with Crippen molar-refractivity contribution in [1.82, 2.24) is 4.90 Å². The summed E-state index contributed by atoms with van der Waals surface area (Å²) in [7, 11) is 0.946. The number of rotatable bonds is 0. The van der Waals surface area contributed by atoms with Crippen molar-refractivity contribution in [1.29, 1.82) is 0 Å². The number of nitrogens with zero attached hydrogens (tertiary/aromatic N) is 1. The summed E-state index contributed by atoms with van der Waals surface area (Å²) in [6, 6.07) is 0. The first kappa shape index (κ1) is 8.62. The van der Waals surface area contributed by atoms with Crippen molar-refractivity contribution < 1.29 is 14.3 Å². The monoisotopic (exact) mass is 200 g/mol. The first-order valence-electron chi connectivity index (χ1n) is 3.99. The van der Waals surface area contributed by atoms with E-state index in [0.29, 0.717) is 12.2 Å². The third-order valence-electron chi connectivity index (χ3n) is 2.20. The third-order valence-corrected chi connectivity index (χ3v) is 4.40. The van der Waals surface area contributed by atoms with Gasteiger partial charge in [-0.2, -0.15) is 4.79 Å². The summed E-state index contributed by atoms with van der Waals surface area (Å²) >= 11 is 0. The number of methoxy groups -OCH3 is 1. The molecule has 0 aromatic carbocycles. The van der Waals surface area contributed by atoms with Gasteiger partial charge in [-0.05, 0) is 6.08 Å². The van der Waals surface area contributed by atoms with Gasteiger partial charge in [-0.15, -0.1) is 0 Å². The molecular weight excluding hydrogens is 190 g/mol. The zero-order chi connectivity index (χ0) is 9.42. The van der Waals surface area contributed by atoms with Crippen LogP contribution in [0.3, 0.4) is 0 Å². The first-order chi connectivity index (χ1) is 6.24. The summed E-state index contributed by atoms with van der Waals surface area (Å²) < 4.78 is 4.68. The summed E-state index contributed by atoms with van der Waals surface area (Å²) in [5.74, 6) is 0.809. The fraction of sp³-hybridized carbons (Fsp3) is 0.500. The van der Waals surface area contributed by atoms with Crippen LogP contribution in [-0.2, 0) is 20.4 Å². The van der Waals surface area contributed by atoms with Crippen LogP contribution in [-0.4, -0.2) is 34.3 Å². The Balaban J connectivity index is 2.12. The first-order valence-corrected chi connectivity index (χ1v) is 5.45. The minimum atomic E-state index is -0.441. The number of hydrogen-bond acceptors (Lipinski definition) is 3. The van der Waals surface area contributed by atoms with Gasteiger partial charge in [0.05, 0.1) is 13.5 Å². The second-order valence-corrected chi connectivity index (χ2v) is 4.96. The number of ether oxygens (including phenoxy) is 1. The van der Waals surface area contributed by atoms with Crippen LogP contribution in [0.5, 0.6) is 0 Å². The second kappa shape index (κ2) is 3.06. The summed E-state index contributed by atoms with van der Waals surface area (Å²) in [4.78, 5) is 24.0. The maximum atomic E-state index is 11.3. The van der Waals surface area contributed by atoms with Crippen LogP contribution >= 0.6 is 0 Å². The van der Waals surface area contributed by atoms with E-state index in [1.807, 2.05) is 6.08 Å². The maximum absolute atomic E-state index is 11.3.